The van der Waals surface area contributed by atoms with Gasteiger partial charge in [0.2, 0.25) is 5.91 Å². The van der Waals surface area contributed by atoms with Gasteiger partial charge in [-0.25, -0.2) is 5.01 Å². The smallest absolute Gasteiger partial charge is 0.303 e. The lowest BCUT2D eigenvalue weighted by molar-refractivity contribution is -0.137. The summed E-state index contributed by atoms with van der Waals surface area (Å²) in [5.41, 5.74) is 7.38. The first-order chi connectivity index (χ1) is 13.1. The predicted octanol–water partition coefficient (Wildman–Crippen LogP) is 3.93. The fourth-order valence-electron chi connectivity index (χ4n) is 3.17. The van der Waals surface area contributed by atoms with Gasteiger partial charge >= 0.3 is 5.97 Å². The van der Waals surface area contributed by atoms with Gasteiger partial charge in [-0.3, -0.25) is 15.0 Å². The molecule has 140 valence electrons. The molecule has 2 aromatic rings. The lowest BCUT2D eigenvalue weighted by Gasteiger charge is -2.25. The number of hydrazine groups is 1. The molecule has 0 fully saturated rings. The fraction of sp³-hybridized carbons (Fsp3) is 0.273. The zero-order valence-corrected chi connectivity index (χ0v) is 15.4. The number of carbonyl (C=O) groups is 2. The van der Waals surface area contributed by atoms with Crippen LogP contribution in [-0.4, -0.2) is 22.0 Å². The molecule has 27 heavy (non-hydrogen) atoms. The molecule has 1 heterocycles. The average Bonchev–Trinajstić information content (AvgIpc) is 3.14. The number of carboxylic acid groups (broad SMARTS) is 1. The molecule has 1 aliphatic heterocycles. The van der Waals surface area contributed by atoms with Gasteiger partial charge in [0.15, 0.2) is 0 Å². The number of hydrogen-bond donors (Lipinski definition) is 2. The van der Waals surface area contributed by atoms with Gasteiger partial charge in [0.1, 0.15) is 0 Å². The summed E-state index contributed by atoms with van der Waals surface area (Å²) in [6.07, 6.45) is 3.53. The van der Waals surface area contributed by atoms with Crippen molar-refractivity contribution < 1.29 is 14.7 Å². The SMILES string of the molecule is CCc1ccc([C@@H]2C=C(c3ccccc3)NN2C(=O)CCCC(=O)O)cc1. The van der Waals surface area contributed by atoms with Gasteiger partial charge in [0, 0.05) is 12.8 Å². The molecule has 1 aliphatic rings. The van der Waals surface area contributed by atoms with E-state index in [-0.39, 0.29) is 24.8 Å². The molecule has 0 aromatic heterocycles. The number of rotatable bonds is 7. The van der Waals surface area contributed by atoms with Crippen molar-refractivity contribution in [2.75, 3.05) is 0 Å². The largest absolute Gasteiger partial charge is 0.481 e. The van der Waals surface area contributed by atoms with E-state index in [4.69, 9.17) is 5.11 Å². The summed E-state index contributed by atoms with van der Waals surface area (Å²) < 4.78 is 0. The van der Waals surface area contributed by atoms with Crippen LogP contribution in [0.2, 0.25) is 0 Å². The van der Waals surface area contributed by atoms with Crippen molar-refractivity contribution in [3.05, 3.63) is 77.4 Å². The Morgan fingerprint density at radius 2 is 1.74 bits per heavy atom. The molecule has 3 rings (SSSR count). The summed E-state index contributed by atoms with van der Waals surface area (Å²) in [5.74, 6) is -0.991. The molecule has 5 heteroatoms. The van der Waals surface area contributed by atoms with Crippen LogP contribution in [0, 0.1) is 0 Å². The number of aliphatic carboxylic acids is 1. The molecule has 0 unspecified atom stereocenters. The van der Waals surface area contributed by atoms with Gasteiger partial charge < -0.3 is 5.11 Å². The summed E-state index contributed by atoms with van der Waals surface area (Å²) in [4.78, 5) is 23.5. The number of carbonyl (C=O) groups excluding carboxylic acids is 1. The van der Waals surface area contributed by atoms with Crippen LogP contribution in [0.4, 0.5) is 0 Å². The van der Waals surface area contributed by atoms with E-state index in [0.717, 1.165) is 23.2 Å². The highest BCUT2D eigenvalue weighted by atomic mass is 16.4. The Hall–Kier alpha value is -3.08. The Morgan fingerprint density at radius 1 is 1.04 bits per heavy atom. The average molecular weight is 364 g/mol. The molecule has 0 saturated heterocycles. The highest BCUT2D eigenvalue weighted by molar-refractivity contribution is 5.81. The second-order valence-corrected chi connectivity index (χ2v) is 6.61. The summed E-state index contributed by atoms with van der Waals surface area (Å²) >= 11 is 0. The summed E-state index contributed by atoms with van der Waals surface area (Å²) in [5, 5.41) is 10.4. The van der Waals surface area contributed by atoms with Crippen LogP contribution >= 0.6 is 0 Å². The van der Waals surface area contributed by atoms with Crippen LogP contribution in [0.25, 0.3) is 5.70 Å². The maximum atomic E-state index is 12.7. The third-order valence-electron chi connectivity index (χ3n) is 4.71. The van der Waals surface area contributed by atoms with Crippen molar-refractivity contribution in [3.8, 4) is 0 Å². The summed E-state index contributed by atoms with van der Waals surface area (Å²) in [7, 11) is 0. The maximum absolute atomic E-state index is 12.7. The predicted molar refractivity (Wildman–Crippen MR) is 104 cm³/mol. The van der Waals surface area contributed by atoms with Gasteiger partial charge in [-0.2, -0.15) is 0 Å². The van der Waals surface area contributed by atoms with E-state index >= 15 is 0 Å². The van der Waals surface area contributed by atoms with Crippen LogP contribution < -0.4 is 5.43 Å². The van der Waals surface area contributed by atoms with Crippen LogP contribution in [0.5, 0.6) is 0 Å². The normalized spacial score (nSPS) is 16.0. The molecule has 0 spiro atoms. The lowest BCUT2D eigenvalue weighted by atomic mass is 10.0. The van der Waals surface area contributed by atoms with E-state index < -0.39 is 5.97 Å². The van der Waals surface area contributed by atoms with Crippen LogP contribution in [-0.2, 0) is 16.0 Å². The Balaban J connectivity index is 1.84. The zero-order chi connectivity index (χ0) is 19.2. The zero-order valence-electron chi connectivity index (χ0n) is 15.4. The summed E-state index contributed by atoms with van der Waals surface area (Å²) in [6, 6.07) is 17.9. The summed E-state index contributed by atoms with van der Waals surface area (Å²) in [6.45, 7) is 2.11. The fourth-order valence-corrected chi connectivity index (χ4v) is 3.17. The van der Waals surface area contributed by atoms with Gasteiger partial charge in [-0.15, -0.1) is 0 Å². The van der Waals surface area contributed by atoms with E-state index in [1.54, 1.807) is 5.01 Å². The Labute approximate surface area is 159 Å². The monoisotopic (exact) mass is 364 g/mol. The first-order valence-corrected chi connectivity index (χ1v) is 9.25. The highest BCUT2D eigenvalue weighted by Crippen LogP contribution is 2.32. The van der Waals surface area contributed by atoms with Crippen molar-refractivity contribution in [3.63, 3.8) is 0 Å². The number of amides is 1. The second kappa shape index (κ2) is 8.54. The minimum atomic E-state index is -0.882. The maximum Gasteiger partial charge on any atom is 0.303 e. The van der Waals surface area contributed by atoms with Crippen molar-refractivity contribution in [1.29, 1.82) is 0 Å². The first-order valence-electron chi connectivity index (χ1n) is 9.25. The molecule has 1 atom stereocenters. The molecule has 2 aromatic carbocycles. The van der Waals surface area contributed by atoms with Crippen molar-refractivity contribution >= 4 is 17.6 Å². The molecule has 0 saturated carbocycles. The van der Waals surface area contributed by atoms with E-state index in [0.29, 0.717) is 6.42 Å². The number of nitrogens with zero attached hydrogens (tertiary/aromatic N) is 1. The first kappa shape index (κ1) is 18.7. The van der Waals surface area contributed by atoms with E-state index in [1.807, 2.05) is 48.5 Å². The van der Waals surface area contributed by atoms with Crippen LogP contribution in [0.15, 0.2) is 60.7 Å². The van der Waals surface area contributed by atoms with Crippen molar-refractivity contribution in [2.45, 2.75) is 38.6 Å². The van der Waals surface area contributed by atoms with E-state index in [9.17, 15) is 9.59 Å². The van der Waals surface area contributed by atoms with Crippen LogP contribution in [0.1, 0.15) is 48.9 Å². The van der Waals surface area contributed by atoms with Gasteiger partial charge in [-0.1, -0.05) is 61.5 Å². The molecule has 5 nitrogen and oxygen atoms in total. The van der Waals surface area contributed by atoms with Crippen molar-refractivity contribution in [1.82, 2.24) is 10.4 Å². The number of carboxylic acids is 1. The number of nitrogens with one attached hydrogen (secondary N) is 1. The van der Waals surface area contributed by atoms with Gasteiger partial charge in [0.25, 0.3) is 0 Å². The number of benzene rings is 2. The Morgan fingerprint density at radius 3 is 2.37 bits per heavy atom. The number of aryl methyl sites for hydroxylation is 1. The van der Waals surface area contributed by atoms with Gasteiger partial charge in [-0.05, 0) is 35.6 Å². The minimum absolute atomic E-state index is 0.00554. The van der Waals surface area contributed by atoms with Gasteiger partial charge in [0.05, 0.1) is 11.7 Å². The second-order valence-electron chi connectivity index (χ2n) is 6.61. The minimum Gasteiger partial charge on any atom is -0.481 e. The molecular formula is C22H24N2O3. The van der Waals surface area contributed by atoms with E-state index in [1.165, 1.54) is 5.56 Å². The topological polar surface area (TPSA) is 69.6 Å². The molecule has 0 radical (unpaired) electrons. The van der Waals surface area contributed by atoms with Crippen molar-refractivity contribution in [2.24, 2.45) is 0 Å². The number of hydrogen-bond acceptors (Lipinski definition) is 3. The molecule has 0 bridgehead atoms. The molecule has 2 N–H and O–H groups in total. The Bertz CT molecular complexity index is 828. The molecule has 1 amide bonds. The third-order valence-corrected chi connectivity index (χ3v) is 4.71. The third kappa shape index (κ3) is 4.56. The lowest BCUT2D eigenvalue weighted by Crippen LogP contribution is -2.39. The molecule has 0 aliphatic carbocycles. The van der Waals surface area contributed by atoms with Crippen LogP contribution in [0.3, 0.4) is 0 Å². The van der Waals surface area contributed by atoms with E-state index in [2.05, 4.69) is 24.5 Å². The quantitative estimate of drug-likeness (QED) is 0.781. The highest BCUT2D eigenvalue weighted by Gasteiger charge is 2.30. The standard InChI is InChI=1S/C22H24N2O3/c1-2-16-11-13-18(14-12-16)20-15-19(17-7-4-3-5-8-17)23-24(20)21(25)9-6-10-22(26)27/h3-5,7-8,11-15,20,23H,2,6,9-10H2,1H3,(H,26,27)/t20-/m0/s1. The Kier molecular flexibility index (Phi) is 5.91. The molecular weight excluding hydrogens is 340 g/mol.